The van der Waals surface area contributed by atoms with Crippen molar-refractivity contribution in [1.82, 2.24) is 10.3 Å². The zero-order valence-electron chi connectivity index (χ0n) is 12.0. The summed E-state index contributed by atoms with van der Waals surface area (Å²) in [5.41, 5.74) is 1.28. The summed E-state index contributed by atoms with van der Waals surface area (Å²) in [5, 5.41) is 5.85. The summed E-state index contributed by atoms with van der Waals surface area (Å²) in [6.07, 6.45) is 0.816. The van der Waals surface area contributed by atoms with Crippen LogP contribution in [0.1, 0.15) is 23.3 Å². The zero-order chi connectivity index (χ0) is 15.9. The molecule has 0 saturated carbocycles. The average Bonchev–Trinajstić information content (AvgIpc) is 3.01. The van der Waals surface area contributed by atoms with Gasteiger partial charge >= 0.3 is 5.97 Å². The first-order valence-corrected chi connectivity index (χ1v) is 7.92. The Morgan fingerprint density at radius 3 is 2.73 bits per heavy atom. The molecule has 1 aromatic heterocycles. The van der Waals surface area contributed by atoms with Crippen LogP contribution in [0.3, 0.4) is 0 Å². The maximum absolute atomic E-state index is 12.0. The molecule has 0 spiro atoms. The molecule has 0 saturated heterocycles. The lowest BCUT2D eigenvalue weighted by atomic mass is 10.2. The van der Waals surface area contributed by atoms with Gasteiger partial charge in [-0.1, -0.05) is 23.7 Å². The summed E-state index contributed by atoms with van der Waals surface area (Å²) >= 11 is 7.24. The number of rotatable bonds is 6. The summed E-state index contributed by atoms with van der Waals surface area (Å²) in [6, 6.07) is 7.29. The van der Waals surface area contributed by atoms with Gasteiger partial charge in [0, 0.05) is 28.9 Å². The summed E-state index contributed by atoms with van der Waals surface area (Å²) in [7, 11) is 1.34. The third-order valence-electron chi connectivity index (χ3n) is 2.90. The van der Waals surface area contributed by atoms with Crippen LogP contribution in [0.5, 0.6) is 0 Å². The second-order valence-corrected chi connectivity index (χ2v) is 5.77. The molecule has 0 unspecified atom stereocenters. The molecule has 0 bridgehead atoms. The van der Waals surface area contributed by atoms with Gasteiger partial charge in [0.15, 0.2) is 0 Å². The molecule has 2 aromatic rings. The standard InChI is InChI=1S/C15H15ClN2O3S/c1-21-13(19)3-2-8-17-14(20)12-9-22-15(18-12)10-4-6-11(16)7-5-10/h4-7,9H,2-3,8H2,1H3,(H,17,20). The highest BCUT2D eigenvalue weighted by atomic mass is 35.5. The minimum Gasteiger partial charge on any atom is -0.469 e. The normalized spacial score (nSPS) is 10.3. The zero-order valence-corrected chi connectivity index (χ0v) is 13.5. The van der Waals surface area contributed by atoms with Gasteiger partial charge in [-0.3, -0.25) is 9.59 Å². The van der Waals surface area contributed by atoms with E-state index in [9.17, 15) is 9.59 Å². The molecular weight excluding hydrogens is 324 g/mol. The van der Waals surface area contributed by atoms with E-state index in [1.165, 1.54) is 18.4 Å². The minimum atomic E-state index is -0.284. The summed E-state index contributed by atoms with van der Waals surface area (Å²) in [5.74, 6) is -0.533. The molecule has 0 aliphatic rings. The van der Waals surface area contributed by atoms with E-state index in [-0.39, 0.29) is 18.3 Å². The Kier molecular flexibility index (Phi) is 5.91. The Bertz CT molecular complexity index is 655. The first-order chi connectivity index (χ1) is 10.6. The van der Waals surface area contributed by atoms with Gasteiger partial charge in [-0.15, -0.1) is 11.3 Å². The highest BCUT2D eigenvalue weighted by Crippen LogP contribution is 2.25. The first-order valence-electron chi connectivity index (χ1n) is 6.66. The number of carbonyl (C=O) groups is 2. The molecule has 0 aliphatic heterocycles. The summed E-state index contributed by atoms with van der Waals surface area (Å²) in [4.78, 5) is 27.2. The van der Waals surface area contributed by atoms with Crippen molar-refractivity contribution in [1.29, 1.82) is 0 Å². The molecule has 1 heterocycles. The van der Waals surface area contributed by atoms with Crippen LogP contribution in [0.15, 0.2) is 29.6 Å². The number of halogens is 1. The topological polar surface area (TPSA) is 68.3 Å². The SMILES string of the molecule is COC(=O)CCCNC(=O)c1csc(-c2ccc(Cl)cc2)n1. The van der Waals surface area contributed by atoms with Crippen LogP contribution in [-0.2, 0) is 9.53 Å². The number of hydrogen-bond donors (Lipinski definition) is 1. The van der Waals surface area contributed by atoms with Crippen molar-refractivity contribution >= 4 is 34.8 Å². The number of methoxy groups -OCH3 is 1. The summed E-state index contributed by atoms with van der Waals surface area (Å²) in [6.45, 7) is 0.405. The maximum atomic E-state index is 12.0. The molecule has 1 amide bonds. The molecule has 116 valence electrons. The Morgan fingerprint density at radius 2 is 2.05 bits per heavy atom. The fourth-order valence-corrected chi connectivity index (χ4v) is 2.66. The second kappa shape index (κ2) is 7.91. The molecule has 0 aliphatic carbocycles. The van der Waals surface area contributed by atoms with Crippen LogP contribution >= 0.6 is 22.9 Å². The van der Waals surface area contributed by atoms with Gasteiger partial charge in [0.2, 0.25) is 0 Å². The first kappa shape index (κ1) is 16.5. The minimum absolute atomic E-state index is 0.249. The number of thiazole rings is 1. The predicted molar refractivity (Wildman–Crippen MR) is 86.1 cm³/mol. The second-order valence-electron chi connectivity index (χ2n) is 4.48. The van der Waals surface area contributed by atoms with Gasteiger partial charge in [-0.2, -0.15) is 0 Å². The van der Waals surface area contributed by atoms with Gasteiger partial charge in [0.05, 0.1) is 7.11 Å². The fourth-order valence-electron chi connectivity index (χ4n) is 1.73. The van der Waals surface area contributed by atoms with Crippen molar-refractivity contribution < 1.29 is 14.3 Å². The van der Waals surface area contributed by atoms with Gasteiger partial charge in [0.25, 0.3) is 5.91 Å². The Balaban J connectivity index is 1.89. The highest BCUT2D eigenvalue weighted by Gasteiger charge is 2.11. The lowest BCUT2D eigenvalue weighted by molar-refractivity contribution is -0.140. The third kappa shape index (κ3) is 4.54. The molecule has 1 aromatic carbocycles. The lowest BCUT2D eigenvalue weighted by Gasteiger charge is -2.02. The van der Waals surface area contributed by atoms with E-state index in [0.717, 1.165) is 10.6 Å². The molecule has 22 heavy (non-hydrogen) atoms. The Hall–Kier alpha value is -1.92. The molecule has 0 radical (unpaired) electrons. The largest absolute Gasteiger partial charge is 0.469 e. The molecule has 7 heteroatoms. The van der Waals surface area contributed by atoms with E-state index >= 15 is 0 Å². The number of carbonyl (C=O) groups excluding carboxylic acids is 2. The van der Waals surface area contributed by atoms with Crippen LogP contribution < -0.4 is 5.32 Å². The number of amides is 1. The molecule has 0 atom stereocenters. The number of ether oxygens (including phenoxy) is 1. The van der Waals surface area contributed by atoms with E-state index in [2.05, 4.69) is 15.0 Å². The van der Waals surface area contributed by atoms with Crippen LogP contribution in [0.4, 0.5) is 0 Å². The number of hydrogen-bond acceptors (Lipinski definition) is 5. The van der Waals surface area contributed by atoms with E-state index in [0.29, 0.717) is 23.7 Å². The van der Waals surface area contributed by atoms with Gasteiger partial charge in [-0.05, 0) is 18.6 Å². The molecule has 2 rings (SSSR count). The van der Waals surface area contributed by atoms with Crippen LogP contribution in [-0.4, -0.2) is 30.5 Å². The number of nitrogens with zero attached hydrogens (tertiary/aromatic N) is 1. The lowest BCUT2D eigenvalue weighted by Crippen LogP contribution is -2.25. The van der Waals surface area contributed by atoms with Gasteiger partial charge in [-0.25, -0.2) is 4.98 Å². The number of nitrogens with one attached hydrogen (secondary N) is 1. The van der Waals surface area contributed by atoms with Crippen LogP contribution in [0.2, 0.25) is 5.02 Å². The van der Waals surface area contributed by atoms with Crippen molar-refractivity contribution in [2.75, 3.05) is 13.7 Å². The van der Waals surface area contributed by atoms with Crippen molar-refractivity contribution in [3.05, 3.63) is 40.4 Å². The summed E-state index contributed by atoms with van der Waals surface area (Å²) < 4.78 is 4.53. The smallest absolute Gasteiger partial charge is 0.305 e. The van der Waals surface area contributed by atoms with Crippen molar-refractivity contribution in [3.63, 3.8) is 0 Å². The highest BCUT2D eigenvalue weighted by molar-refractivity contribution is 7.13. The third-order valence-corrected chi connectivity index (χ3v) is 4.04. The Morgan fingerprint density at radius 1 is 1.32 bits per heavy atom. The van der Waals surface area contributed by atoms with Gasteiger partial charge < -0.3 is 10.1 Å². The molecule has 5 nitrogen and oxygen atoms in total. The van der Waals surface area contributed by atoms with Gasteiger partial charge in [0.1, 0.15) is 10.7 Å². The maximum Gasteiger partial charge on any atom is 0.305 e. The van der Waals surface area contributed by atoms with Crippen molar-refractivity contribution in [2.24, 2.45) is 0 Å². The number of benzene rings is 1. The van der Waals surface area contributed by atoms with E-state index < -0.39 is 0 Å². The van der Waals surface area contributed by atoms with E-state index in [1.54, 1.807) is 17.5 Å². The predicted octanol–water partition coefficient (Wildman–Crippen LogP) is 3.15. The quantitative estimate of drug-likeness (QED) is 0.649. The number of aromatic nitrogens is 1. The average molecular weight is 339 g/mol. The monoisotopic (exact) mass is 338 g/mol. The van der Waals surface area contributed by atoms with E-state index in [4.69, 9.17) is 11.6 Å². The molecule has 0 fully saturated rings. The van der Waals surface area contributed by atoms with E-state index in [1.807, 2.05) is 12.1 Å². The molecular formula is C15H15ClN2O3S. The molecule has 1 N–H and O–H groups in total. The number of esters is 1. The Labute approximate surface area is 137 Å². The van der Waals surface area contributed by atoms with Crippen LogP contribution in [0.25, 0.3) is 10.6 Å². The van der Waals surface area contributed by atoms with Crippen molar-refractivity contribution in [3.8, 4) is 10.6 Å². The fraction of sp³-hybridized carbons (Fsp3) is 0.267. The van der Waals surface area contributed by atoms with Crippen molar-refractivity contribution in [2.45, 2.75) is 12.8 Å². The van der Waals surface area contributed by atoms with Crippen LogP contribution in [0, 0.1) is 0 Å².